The monoisotopic (exact) mass is 331 g/mol. The van der Waals surface area contributed by atoms with E-state index in [4.69, 9.17) is 0 Å². The number of nitrogens with one attached hydrogen (secondary N) is 1. The van der Waals surface area contributed by atoms with Gasteiger partial charge in [-0.15, -0.1) is 0 Å². The van der Waals surface area contributed by atoms with Crippen LogP contribution in [0.2, 0.25) is 0 Å². The second-order valence-corrected chi connectivity index (χ2v) is 6.18. The largest absolute Gasteiger partial charge is 0.480 e. The van der Waals surface area contributed by atoms with Crippen molar-refractivity contribution < 1.29 is 14.7 Å². The number of carbonyl (C=O) groups is 2. The van der Waals surface area contributed by atoms with Gasteiger partial charge in [0.25, 0.3) is 5.91 Å². The van der Waals surface area contributed by atoms with Gasteiger partial charge in [0.15, 0.2) is 0 Å². The topological polar surface area (TPSA) is 104 Å². The van der Waals surface area contributed by atoms with Crippen LogP contribution in [0, 0.1) is 13.8 Å². The highest BCUT2D eigenvalue weighted by Gasteiger charge is 2.33. The number of carboxylic acids is 1. The molecule has 1 aliphatic rings. The number of H-pyrrole nitrogens is 1. The number of nitrogens with zero attached hydrogens (tertiary/aromatic N) is 4. The molecule has 0 saturated carbocycles. The van der Waals surface area contributed by atoms with Crippen LogP contribution in [0.1, 0.15) is 41.1 Å². The number of piperidine rings is 1. The number of hydrogen-bond acceptors (Lipinski definition) is 4. The number of rotatable bonds is 3. The van der Waals surface area contributed by atoms with E-state index in [0.29, 0.717) is 24.4 Å². The van der Waals surface area contributed by atoms with Crippen LogP contribution in [0.3, 0.4) is 0 Å². The summed E-state index contributed by atoms with van der Waals surface area (Å²) >= 11 is 0. The Hall–Kier alpha value is -2.64. The third-order valence-corrected chi connectivity index (χ3v) is 4.62. The van der Waals surface area contributed by atoms with Gasteiger partial charge in [-0.05, 0) is 39.2 Å². The van der Waals surface area contributed by atoms with Crippen molar-refractivity contribution in [3.63, 3.8) is 0 Å². The summed E-state index contributed by atoms with van der Waals surface area (Å²) in [7, 11) is 1.86. The molecule has 1 saturated heterocycles. The Balaban J connectivity index is 1.90. The van der Waals surface area contributed by atoms with E-state index < -0.39 is 12.0 Å². The lowest BCUT2D eigenvalue weighted by Crippen LogP contribution is -2.48. The molecule has 1 fully saturated rings. The third kappa shape index (κ3) is 2.68. The van der Waals surface area contributed by atoms with Crippen molar-refractivity contribution in [1.29, 1.82) is 0 Å². The van der Waals surface area contributed by atoms with Gasteiger partial charge in [-0.3, -0.25) is 14.6 Å². The van der Waals surface area contributed by atoms with Crippen molar-refractivity contribution in [2.75, 3.05) is 6.54 Å². The minimum absolute atomic E-state index is 0.306. The fraction of sp³-hybridized carbons (Fsp3) is 0.500. The smallest absolute Gasteiger partial charge is 0.326 e. The van der Waals surface area contributed by atoms with E-state index in [0.717, 1.165) is 29.8 Å². The highest BCUT2D eigenvalue weighted by molar-refractivity contribution is 5.96. The Morgan fingerprint density at radius 3 is 2.71 bits per heavy atom. The van der Waals surface area contributed by atoms with E-state index in [1.807, 2.05) is 20.9 Å². The molecule has 1 aliphatic heterocycles. The Labute approximate surface area is 139 Å². The molecular formula is C16H21N5O3. The minimum atomic E-state index is -0.957. The fourth-order valence-corrected chi connectivity index (χ4v) is 3.29. The zero-order valence-corrected chi connectivity index (χ0v) is 14.0. The summed E-state index contributed by atoms with van der Waals surface area (Å²) in [5, 5.41) is 20.7. The summed E-state index contributed by atoms with van der Waals surface area (Å²) in [6.45, 7) is 4.29. The van der Waals surface area contributed by atoms with Gasteiger partial charge in [0, 0.05) is 24.8 Å². The molecule has 1 amide bonds. The van der Waals surface area contributed by atoms with Crippen LogP contribution in [0.4, 0.5) is 0 Å². The Morgan fingerprint density at radius 2 is 2.08 bits per heavy atom. The van der Waals surface area contributed by atoms with E-state index in [2.05, 4.69) is 15.3 Å². The van der Waals surface area contributed by atoms with Gasteiger partial charge in [-0.1, -0.05) is 0 Å². The van der Waals surface area contributed by atoms with Crippen LogP contribution in [-0.2, 0) is 11.8 Å². The van der Waals surface area contributed by atoms with Crippen molar-refractivity contribution in [3.8, 4) is 11.3 Å². The number of aliphatic carboxylic acids is 1. The van der Waals surface area contributed by atoms with Crippen LogP contribution in [0.15, 0.2) is 6.07 Å². The number of aromatic amines is 1. The first kappa shape index (κ1) is 16.2. The summed E-state index contributed by atoms with van der Waals surface area (Å²) < 4.78 is 1.77. The predicted octanol–water partition coefficient (Wildman–Crippen LogP) is 1.51. The highest BCUT2D eigenvalue weighted by Crippen LogP contribution is 2.26. The van der Waals surface area contributed by atoms with Gasteiger partial charge in [-0.25, -0.2) is 4.79 Å². The second-order valence-electron chi connectivity index (χ2n) is 6.18. The maximum atomic E-state index is 12.7. The van der Waals surface area contributed by atoms with Crippen molar-refractivity contribution in [3.05, 3.63) is 23.1 Å². The molecule has 0 radical (unpaired) electrons. The molecule has 0 bridgehead atoms. The molecule has 1 unspecified atom stereocenters. The van der Waals surface area contributed by atoms with Crippen LogP contribution >= 0.6 is 0 Å². The lowest BCUT2D eigenvalue weighted by Gasteiger charge is -2.32. The first-order valence-corrected chi connectivity index (χ1v) is 8.00. The second kappa shape index (κ2) is 6.10. The molecule has 0 aliphatic carbocycles. The molecule has 0 spiro atoms. The molecule has 128 valence electrons. The lowest BCUT2D eigenvalue weighted by molar-refractivity contribution is -0.143. The molecule has 0 aromatic carbocycles. The Morgan fingerprint density at radius 1 is 1.33 bits per heavy atom. The summed E-state index contributed by atoms with van der Waals surface area (Å²) in [5.41, 5.74) is 3.63. The summed E-state index contributed by atoms with van der Waals surface area (Å²) in [5.74, 6) is -1.28. The number of aromatic nitrogens is 4. The van der Waals surface area contributed by atoms with Gasteiger partial charge in [0.1, 0.15) is 11.7 Å². The van der Waals surface area contributed by atoms with E-state index in [1.54, 1.807) is 10.7 Å². The van der Waals surface area contributed by atoms with Crippen LogP contribution in [-0.4, -0.2) is 54.4 Å². The van der Waals surface area contributed by atoms with Gasteiger partial charge < -0.3 is 10.0 Å². The molecule has 8 heteroatoms. The average Bonchev–Trinajstić information content (AvgIpc) is 3.12. The van der Waals surface area contributed by atoms with E-state index in [-0.39, 0.29) is 5.91 Å². The highest BCUT2D eigenvalue weighted by atomic mass is 16.4. The van der Waals surface area contributed by atoms with E-state index in [1.165, 1.54) is 4.90 Å². The number of carboxylic acid groups (broad SMARTS) is 1. The molecule has 2 aromatic rings. The Kier molecular flexibility index (Phi) is 4.13. The standard InChI is InChI=1S/C16H21N5O3/c1-9-14(10(2)20(3)19-9)11-8-12(18-17-11)15(22)21-7-5-4-6-13(21)16(23)24/h8,13H,4-7H2,1-3H3,(H,17,18)(H,23,24). The summed E-state index contributed by atoms with van der Waals surface area (Å²) in [6, 6.07) is 0.909. The molecule has 1 atom stereocenters. The summed E-state index contributed by atoms with van der Waals surface area (Å²) in [4.78, 5) is 25.5. The molecule has 3 rings (SSSR count). The number of hydrogen-bond donors (Lipinski definition) is 2. The zero-order valence-electron chi connectivity index (χ0n) is 14.0. The number of likely N-dealkylation sites (tertiary alicyclic amines) is 1. The molecule has 3 heterocycles. The zero-order chi connectivity index (χ0) is 17.4. The first-order valence-electron chi connectivity index (χ1n) is 8.00. The van der Waals surface area contributed by atoms with E-state index >= 15 is 0 Å². The van der Waals surface area contributed by atoms with Crippen LogP contribution in [0.5, 0.6) is 0 Å². The summed E-state index contributed by atoms with van der Waals surface area (Å²) in [6.07, 6.45) is 2.13. The van der Waals surface area contributed by atoms with Crippen molar-refractivity contribution >= 4 is 11.9 Å². The minimum Gasteiger partial charge on any atom is -0.480 e. The maximum absolute atomic E-state index is 12.7. The maximum Gasteiger partial charge on any atom is 0.326 e. The van der Waals surface area contributed by atoms with Gasteiger partial charge >= 0.3 is 5.97 Å². The number of carbonyl (C=O) groups excluding carboxylic acids is 1. The molecule has 2 aromatic heterocycles. The third-order valence-electron chi connectivity index (χ3n) is 4.62. The van der Waals surface area contributed by atoms with Gasteiger partial charge in [-0.2, -0.15) is 10.2 Å². The van der Waals surface area contributed by atoms with Gasteiger partial charge in [0.2, 0.25) is 0 Å². The Bertz CT molecular complexity index is 792. The van der Waals surface area contributed by atoms with Crippen molar-refractivity contribution in [1.82, 2.24) is 24.9 Å². The van der Waals surface area contributed by atoms with Crippen molar-refractivity contribution in [2.24, 2.45) is 7.05 Å². The fourth-order valence-electron chi connectivity index (χ4n) is 3.29. The van der Waals surface area contributed by atoms with Gasteiger partial charge in [0.05, 0.1) is 11.4 Å². The molecular weight excluding hydrogens is 310 g/mol. The normalized spacial score (nSPS) is 18.0. The molecule has 8 nitrogen and oxygen atoms in total. The lowest BCUT2D eigenvalue weighted by atomic mass is 10.0. The quantitative estimate of drug-likeness (QED) is 0.887. The van der Waals surface area contributed by atoms with Crippen molar-refractivity contribution in [2.45, 2.75) is 39.2 Å². The predicted molar refractivity (Wildman–Crippen MR) is 86.6 cm³/mol. The first-order chi connectivity index (χ1) is 11.4. The van der Waals surface area contributed by atoms with Crippen LogP contribution in [0.25, 0.3) is 11.3 Å². The molecule has 2 N–H and O–H groups in total. The SMILES string of the molecule is Cc1nn(C)c(C)c1-c1cc(C(=O)N2CCCCC2C(=O)O)[nH]n1. The molecule has 24 heavy (non-hydrogen) atoms. The van der Waals surface area contributed by atoms with E-state index in [9.17, 15) is 14.7 Å². The van der Waals surface area contributed by atoms with Crippen LogP contribution < -0.4 is 0 Å². The number of amides is 1. The average molecular weight is 331 g/mol. The number of aryl methyl sites for hydroxylation is 2.